The van der Waals surface area contributed by atoms with Crippen LogP contribution in [0.25, 0.3) is 11.3 Å². The van der Waals surface area contributed by atoms with E-state index in [0.29, 0.717) is 17.8 Å². The number of benzene rings is 1. The third-order valence-electron chi connectivity index (χ3n) is 2.90. The van der Waals surface area contributed by atoms with Crippen LogP contribution in [0.1, 0.15) is 12.5 Å². The van der Waals surface area contributed by atoms with Crippen LogP contribution in [0.4, 0.5) is 0 Å². The number of nitrogens with two attached hydrogens (primary N) is 1. The lowest BCUT2D eigenvalue weighted by atomic mass is 10.1. The summed E-state index contributed by atoms with van der Waals surface area (Å²) in [6.45, 7) is 2.29. The molecule has 0 unspecified atom stereocenters. The van der Waals surface area contributed by atoms with E-state index in [1.165, 1.54) is 4.68 Å². The van der Waals surface area contributed by atoms with Gasteiger partial charge in [-0.1, -0.05) is 24.4 Å². The molecule has 6 heteroatoms. The highest BCUT2D eigenvalue weighted by Gasteiger charge is 2.11. The first kappa shape index (κ1) is 14.2. The molecule has 0 aliphatic rings. The molecule has 1 heterocycles. The van der Waals surface area contributed by atoms with E-state index in [0.717, 1.165) is 11.3 Å². The second-order valence-electron chi connectivity index (χ2n) is 4.16. The molecule has 0 saturated carbocycles. The average molecular weight is 289 g/mol. The van der Waals surface area contributed by atoms with E-state index in [4.69, 9.17) is 22.7 Å². The van der Waals surface area contributed by atoms with Gasteiger partial charge in [0.1, 0.15) is 10.7 Å². The average Bonchev–Trinajstić information content (AvgIpc) is 2.47. The van der Waals surface area contributed by atoms with Gasteiger partial charge in [0.15, 0.2) is 0 Å². The summed E-state index contributed by atoms with van der Waals surface area (Å²) in [5.74, 6) is 0.718. The molecule has 1 aromatic carbocycles. The van der Waals surface area contributed by atoms with Crippen LogP contribution in [0.15, 0.2) is 35.1 Å². The smallest absolute Gasteiger partial charge is 0.277 e. The van der Waals surface area contributed by atoms with Crippen LogP contribution in [-0.2, 0) is 6.54 Å². The van der Waals surface area contributed by atoms with E-state index in [1.807, 2.05) is 31.2 Å². The second kappa shape index (κ2) is 5.83. The SMILES string of the molecule is CCn1nc(-c2cccc(OC)c2)cc(C(N)=S)c1=O. The highest BCUT2D eigenvalue weighted by molar-refractivity contribution is 7.80. The molecule has 104 valence electrons. The van der Waals surface area contributed by atoms with Gasteiger partial charge in [0.25, 0.3) is 5.56 Å². The van der Waals surface area contributed by atoms with Crippen molar-refractivity contribution in [2.45, 2.75) is 13.5 Å². The summed E-state index contributed by atoms with van der Waals surface area (Å²) in [5.41, 5.74) is 7.11. The molecule has 0 spiro atoms. The van der Waals surface area contributed by atoms with Crippen molar-refractivity contribution in [2.75, 3.05) is 7.11 Å². The van der Waals surface area contributed by atoms with Gasteiger partial charge in [-0.2, -0.15) is 5.10 Å². The van der Waals surface area contributed by atoms with E-state index < -0.39 is 0 Å². The quantitative estimate of drug-likeness (QED) is 0.865. The Morgan fingerprint density at radius 2 is 2.20 bits per heavy atom. The summed E-state index contributed by atoms with van der Waals surface area (Å²) in [4.78, 5) is 12.1. The van der Waals surface area contributed by atoms with Crippen LogP contribution in [0, 0.1) is 0 Å². The molecule has 0 aliphatic heterocycles. The lowest BCUT2D eigenvalue weighted by Gasteiger charge is -2.09. The Hall–Kier alpha value is -2.21. The highest BCUT2D eigenvalue weighted by Crippen LogP contribution is 2.21. The highest BCUT2D eigenvalue weighted by atomic mass is 32.1. The van der Waals surface area contributed by atoms with Gasteiger partial charge in [-0.25, -0.2) is 4.68 Å². The number of thiocarbonyl (C=S) groups is 1. The molecule has 0 atom stereocenters. The molecule has 0 aliphatic carbocycles. The first-order valence-corrected chi connectivity index (χ1v) is 6.54. The Morgan fingerprint density at radius 1 is 1.45 bits per heavy atom. The largest absolute Gasteiger partial charge is 0.497 e. The first-order chi connectivity index (χ1) is 9.56. The lowest BCUT2D eigenvalue weighted by Crippen LogP contribution is -2.30. The van der Waals surface area contributed by atoms with Crippen molar-refractivity contribution >= 4 is 17.2 Å². The Morgan fingerprint density at radius 3 is 2.80 bits per heavy atom. The van der Waals surface area contributed by atoms with Crippen LogP contribution >= 0.6 is 12.2 Å². The zero-order valence-corrected chi connectivity index (χ0v) is 12.1. The molecule has 5 nitrogen and oxygen atoms in total. The molecular weight excluding hydrogens is 274 g/mol. The van der Waals surface area contributed by atoms with Crippen LogP contribution in [0.5, 0.6) is 5.75 Å². The monoisotopic (exact) mass is 289 g/mol. The molecule has 0 saturated heterocycles. The van der Waals surface area contributed by atoms with Crippen molar-refractivity contribution in [2.24, 2.45) is 5.73 Å². The molecule has 2 N–H and O–H groups in total. The Labute approximate surface area is 122 Å². The number of hydrogen-bond acceptors (Lipinski definition) is 4. The standard InChI is InChI=1S/C14H15N3O2S/c1-3-17-14(18)11(13(15)20)8-12(16-17)9-5-4-6-10(7-9)19-2/h4-8H,3H2,1-2H3,(H2,15,20). The maximum Gasteiger partial charge on any atom is 0.277 e. The lowest BCUT2D eigenvalue weighted by molar-refractivity contribution is 0.415. The van der Waals surface area contributed by atoms with Crippen molar-refractivity contribution in [3.05, 3.63) is 46.2 Å². The minimum absolute atomic E-state index is 0.0729. The molecule has 2 rings (SSSR count). The number of ether oxygens (including phenoxy) is 1. The van der Waals surface area contributed by atoms with E-state index in [9.17, 15) is 4.79 Å². The fourth-order valence-corrected chi connectivity index (χ4v) is 2.00. The first-order valence-electron chi connectivity index (χ1n) is 6.13. The summed E-state index contributed by atoms with van der Waals surface area (Å²) in [7, 11) is 1.60. The van der Waals surface area contributed by atoms with Gasteiger partial charge in [-0.05, 0) is 25.1 Å². The minimum atomic E-state index is -0.272. The fourth-order valence-electron chi connectivity index (χ4n) is 1.86. The van der Waals surface area contributed by atoms with Crippen molar-refractivity contribution in [3.63, 3.8) is 0 Å². The van der Waals surface area contributed by atoms with Crippen LogP contribution in [0.3, 0.4) is 0 Å². The third-order valence-corrected chi connectivity index (χ3v) is 3.12. The molecule has 1 aromatic heterocycles. The predicted molar refractivity (Wildman–Crippen MR) is 82.0 cm³/mol. The molecule has 0 radical (unpaired) electrons. The zero-order valence-electron chi connectivity index (χ0n) is 11.3. The van der Waals surface area contributed by atoms with Gasteiger partial charge in [-0.15, -0.1) is 0 Å². The predicted octanol–water partition coefficient (Wildman–Crippen LogP) is 1.57. The number of aromatic nitrogens is 2. The summed E-state index contributed by atoms with van der Waals surface area (Å²) in [6.07, 6.45) is 0. The molecule has 0 amide bonds. The molecule has 20 heavy (non-hydrogen) atoms. The number of aryl methyl sites for hydroxylation is 1. The minimum Gasteiger partial charge on any atom is -0.497 e. The van der Waals surface area contributed by atoms with Gasteiger partial charge in [-0.3, -0.25) is 4.79 Å². The maximum atomic E-state index is 12.1. The van der Waals surface area contributed by atoms with E-state index in [1.54, 1.807) is 13.2 Å². The molecule has 0 bridgehead atoms. The van der Waals surface area contributed by atoms with Crippen LogP contribution in [0.2, 0.25) is 0 Å². The summed E-state index contributed by atoms with van der Waals surface area (Å²) in [6, 6.07) is 9.05. The Bertz CT molecular complexity index is 710. The third kappa shape index (κ3) is 2.70. The van der Waals surface area contributed by atoms with Crippen LogP contribution in [-0.4, -0.2) is 21.9 Å². The number of nitrogens with zero attached hydrogens (tertiary/aromatic N) is 2. The Balaban J connectivity index is 2.64. The fraction of sp³-hybridized carbons (Fsp3) is 0.214. The van der Waals surface area contributed by atoms with Gasteiger partial charge in [0.05, 0.1) is 18.4 Å². The van der Waals surface area contributed by atoms with Gasteiger partial charge < -0.3 is 10.5 Å². The summed E-state index contributed by atoms with van der Waals surface area (Å²) in [5, 5.41) is 4.31. The van der Waals surface area contributed by atoms with E-state index in [2.05, 4.69) is 5.10 Å². The number of hydrogen-bond donors (Lipinski definition) is 1. The maximum absolute atomic E-state index is 12.1. The molecule has 0 fully saturated rings. The van der Waals surface area contributed by atoms with Gasteiger partial charge in [0, 0.05) is 12.1 Å². The van der Waals surface area contributed by atoms with Crippen molar-refractivity contribution in [1.82, 2.24) is 9.78 Å². The zero-order chi connectivity index (χ0) is 14.7. The van der Waals surface area contributed by atoms with Crippen molar-refractivity contribution in [3.8, 4) is 17.0 Å². The van der Waals surface area contributed by atoms with Gasteiger partial charge in [0.2, 0.25) is 0 Å². The number of methoxy groups -OCH3 is 1. The molecular formula is C14H15N3O2S. The normalized spacial score (nSPS) is 10.3. The van der Waals surface area contributed by atoms with E-state index >= 15 is 0 Å². The van der Waals surface area contributed by atoms with Crippen molar-refractivity contribution < 1.29 is 4.74 Å². The number of rotatable bonds is 4. The Kier molecular flexibility index (Phi) is 4.14. The topological polar surface area (TPSA) is 70.1 Å². The molecule has 2 aromatic rings. The van der Waals surface area contributed by atoms with E-state index in [-0.39, 0.29) is 10.5 Å². The van der Waals surface area contributed by atoms with Crippen molar-refractivity contribution in [1.29, 1.82) is 0 Å². The summed E-state index contributed by atoms with van der Waals surface area (Å²) >= 11 is 4.93. The second-order valence-corrected chi connectivity index (χ2v) is 4.60. The van der Waals surface area contributed by atoms with Crippen LogP contribution < -0.4 is 16.0 Å². The van der Waals surface area contributed by atoms with Gasteiger partial charge >= 0.3 is 0 Å². The summed E-state index contributed by atoms with van der Waals surface area (Å²) < 4.78 is 6.54.